The van der Waals surface area contributed by atoms with Gasteiger partial charge in [-0.1, -0.05) is 18.0 Å². The molecule has 134 valence electrons. The van der Waals surface area contributed by atoms with Crippen LogP contribution in [0.15, 0.2) is 16.8 Å². The van der Waals surface area contributed by atoms with Gasteiger partial charge in [-0.3, -0.25) is 9.48 Å². The van der Waals surface area contributed by atoms with Crippen LogP contribution in [0.25, 0.3) is 0 Å². The normalized spacial score (nSPS) is 20.0. The Labute approximate surface area is 147 Å². The minimum atomic E-state index is -0.0410. The van der Waals surface area contributed by atoms with Crippen molar-refractivity contribution in [1.82, 2.24) is 24.8 Å². The second-order valence-electron chi connectivity index (χ2n) is 7.39. The number of likely N-dealkylation sites (tertiary alicyclic amines) is 1. The summed E-state index contributed by atoms with van der Waals surface area (Å²) in [6.45, 7) is 6.00. The van der Waals surface area contributed by atoms with Crippen LogP contribution in [0.2, 0.25) is 0 Å². The highest BCUT2D eigenvalue weighted by molar-refractivity contribution is 5.92. The monoisotopic (exact) mass is 343 g/mol. The smallest absolute Gasteiger partial charge is 0.272 e. The van der Waals surface area contributed by atoms with Gasteiger partial charge in [-0.15, -0.1) is 0 Å². The summed E-state index contributed by atoms with van der Waals surface area (Å²) in [6.07, 6.45) is 7.21. The molecule has 0 spiro atoms. The number of carbonyl (C=O) groups excluding carboxylic acids is 1. The fourth-order valence-electron chi connectivity index (χ4n) is 3.97. The van der Waals surface area contributed by atoms with Crippen molar-refractivity contribution < 1.29 is 9.32 Å². The minimum Gasteiger partial charge on any atom is -0.340 e. The van der Waals surface area contributed by atoms with Crippen molar-refractivity contribution >= 4 is 5.91 Å². The Morgan fingerprint density at radius 1 is 1.36 bits per heavy atom. The van der Waals surface area contributed by atoms with Crippen LogP contribution in [-0.4, -0.2) is 43.8 Å². The van der Waals surface area contributed by atoms with Gasteiger partial charge in [0, 0.05) is 38.2 Å². The molecule has 1 aliphatic carbocycles. The summed E-state index contributed by atoms with van der Waals surface area (Å²) in [5.41, 5.74) is 0.633. The van der Waals surface area contributed by atoms with E-state index in [4.69, 9.17) is 4.52 Å². The summed E-state index contributed by atoms with van der Waals surface area (Å²) in [5, 5.41) is 8.45. The molecule has 0 unspecified atom stereocenters. The second kappa shape index (κ2) is 6.28. The van der Waals surface area contributed by atoms with E-state index in [1.807, 2.05) is 18.7 Å². The number of rotatable bonds is 5. The van der Waals surface area contributed by atoms with Gasteiger partial charge in [0.25, 0.3) is 5.91 Å². The molecule has 1 saturated heterocycles. The molecule has 0 radical (unpaired) electrons. The predicted molar refractivity (Wildman–Crippen MR) is 91.1 cm³/mol. The molecule has 1 aliphatic heterocycles. The summed E-state index contributed by atoms with van der Waals surface area (Å²) in [4.78, 5) is 19.3. The van der Waals surface area contributed by atoms with E-state index in [0.29, 0.717) is 18.1 Å². The van der Waals surface area contributed by atoms with Gasteiger partial charge in [-0.25, -0.2) is 0 Å². The van der Waals surface area contributed by atoms with E-state index in [1.54, 1.807) is 16.9 Å². The highest BCUT2D eigenvalue weighted by atomic mass is 16.5. The number of carbonyl (C=O) groups is 1. The third-order valence-electron chi connectivity index (χ3n) is 5.62. The van der Waals surface area contributed by atoms with Crippen molar-refractivity contribution in [3.63, 3.8) is 0 Å². The number of hydrogen-bond donors (Lipinski definition) is 0. The van der Waals surface area contributed by atoms with Crippen LogP contribution in [0.3, 0.4) is 0 Å². The Morgan fingerprint density at radius 3 is 2.72 bits per heavy atom. The maximum absolute atomic E-state index is 12.8. The van der Waals surface area contributed by atoms with Crippen LogP contribution in [0.4, 0.5) is 0 Å². The first-order chi connectivity index (χ1) is 12.1. The van der Waals surface area contributed by atoms with Crippen molar-refractivity contribution in [3.8, 4) is 0 Å². The molecule has 1 saturated carbocycles. The number of nitrogens with zero attached hydrogens (tertiary/aromatic N) is 5. The van der Waals surface area contributed by atoms with Gasteiger partial charge in [0.05, 0.1) is 0 Å². The standard InChI is InChI=1S/C18H25N5O2/c1-3-23-15(6-9-19-23)16(24)22-10-7-18(8-11-22,12-14-4-5-14)17-20-13(2)25-21-17/h6,9,14H,3-5,7-8,10-12H2,1-2H3. The van der Waals surface area contributed by atoms with E-state index in [-0.39, 0.29) is 11.3 Å². The molecule has 25 heavy (non-hydrogen) atoms. The summed E-state index contributed by atoms with van der Waals surface area (Å²) in [6, 6.07) is 1.81. The van der Waals surface area contributed by atoms with E-state index in [1.165, 1.54) is 12.8 Å². The van der Waals surface area contributed by atoms with Gasteiger partial charge < -0.3 is 9.42 Å². The Kier molecular flexibility index (Phi) is 4.09. The number of hydrogen-bond acceptors (Lipinski definition) is 5. The first-order valence-corrected chi connectivity index (χ1v) is 9.23. The van der Waals surface area contributed by atoms with Crippen molar-refractivity contribution in [2.45, 2.75) is 57.9 Å². The van der Waals surface area contributed by atoms with Gasteiger partial charge in [0.2, 0.25) is 5.89 Å². The maximum atomic E-state index is 12.8. The molecule has 2 aromatic heterocycles. The number of aryl methyl sites for hydroxylation is 2. The summed E-state index contributed by atoms with van der Waals surface area (Å²) in [7, 11) is 0. The zero-order valence-corrected chi connectivity index (χ0v) is 14.9. The lowest BCUT2D eigenvalue weighted by atomic mass is 9.73. The first-order valence-electron chi connectivity index (χ1n) is 9.23. The molecule has 0 aromatic carbocycles. The molecule has 2 fully saturated rings. The van der Waals surface area contributed by atoms with Crippen LogP contribution in [0, 0.1) is 12.8 Å². The van der Waals surface area contributed by atoms with Gasteiger partial charge >= 0.3 is 0 Å². The number of amides is 1. The van der Waals surface area contributed by atoms with Crippen molar-refractivity contribution in [1.29, 1.82) is 0 Å². The SMILES string of the molecule is CCn1nccc1C(=O)N1CCC(CC2CC2)(c2noc(C)n2)CC1. The Morgan fingerprint density at radius 2 is 2.12 bits per heavy atom. The van der Waals surface area contributed by atoms with Crippen LogP contribution in [0.5, 0.6) is 0 Å². The number of piperidine rings is 1. The Balaban J connectivity index is 1.51. The lowest BCUT2D eigenvalue weighted by Crippen LogP contribution is -2.46. The van der Waals surface area contributed by atoms with Crippen LogP contribution in [-0.2, 0) is 12.0 Å². The van der Waals surface area contributed by atoms with Gasteiger partial charge in [0.1, 0.15) is 5.69 Å². The zero-order valence-electron chi connectivity index (χ0n) is 14.9. The second-order valence-corrected chi connectivity index (χ2v) is 7.39. The molecular weight excluding hydrogens is 318 g/mol. The molecule has 3 heterocycles. The van der Waals surface area contributed by atoms with Crippen molar-refractivity contribution in [3.05, 3.63) is 29.7 Å². The van der Waals surface area contributed by atoms with E-state index in [2.05, 4.69) is 15.2 Å². The molecule has 0 atom stereocenters. The average molecular weight is 343 g/mol. The largest absolute Gasteiger partial charge is 0.340 e. The highest BCUT2D eigenvalue weighted by Gasteiger charge is 2.44. The quantitative estimate of drug-likeness (QED) is 0.834. The van der Waals surface area contributed by atoms with E-state index in [0.717, 1.165) is 44.1 Å². The van der Waals surface area contributed by atoms with Crippen LogP contribution < -0.4 is 0 Å². The van der Waals surface area contributed by atoms with E-state index >= 15 is 0 Å². The minimum absolute atomic E-state index is 0.0410. The summed E-state index contributed by atoms with van der Waals surface area (Å²) >= 11 is 0. The highest BCUT2D eigenvalue weighted by Crippen LogP contribution is 2.46. The van der Waals surface area contributed by atoms with Gasteiger partial charge in [0.15, 0.2) is 5.82 Å². The maximum Gasteiger partial charge on any atom is 0.272 e. The topological polar surface area (TPSA) is 77.0 Å². The molecule has 2 aliphatic rings. The lowest BCUT2D eigenvalue weighted by molar-refractivity contribution is 0.0633. The van der Waals surface area contributed by atoms with Crippen molar-refractivity contribution in [2.24, 2.45) is 5.92 Å². The predicted octanol–water partition coefficient (Wildman–Crippen LogP) is 2.57. The fraction of sp³-hybridized carbons (Fsp3) is 0.667. The lowest BCUT2D eigenvalue weighted by Gasteiger charge is -2.40. The molecule has 4 rings (SSSR count). The first kappa shape index (κ1) is 16.3. The summed E-state index contributed by atoms with van der Waals surface area (Å²) in [5.74, 6) is 2.31. The third-order valence-corrected chi connectivity index (χ3v) is 5.62. The van der Waals surface area contributed by atoms with Crippen molar-refractivity contribution in [2.75, 3.05) is 13.1 Å². The molecular formula is C18H25N5O2. The number of aromatic nitrogens is 4. The van der Waals surface area contributed by atoms with Crippen LogP contribution >= 0.6 is 0 Å². The summed E-state index contributed by atoms with van der Waals surface area (Å²) < 4.78 is 7.02. The average Bonchev–Trinajstić information content (AvgIpc) is 3.12. The zero-order chi connectivity index (χ0) is 17.4. The Hall–Kier alpha value is -2.18. The molecule has 2 aromatic rings. The molecule has 7 nitrogen and oxygen atoms in total. The van der Waals surface area contributed by atoms with Crippen LogP contribution in [0.1, 0.15) is 61.2 Å². The Bertz CT molecular complexity index is 753. The van der Waals surface area contributed by atoms with E-state index < -0.39 is 0 Å². The van der Waals surface area contributed by atoms with Gasteiger partial charge in [-0.05, 0) is 38.2 Å². The van der Waals surface area contributed by atoms with Gasteiger partial charge in [-0.2, -0.15) is 10.1 Å². The third kappa shape index (κ3) is 3.07. The molecule has 0 N–H and O–H groups in total. The molecule has 7 heteroatoms. The molecule has 1 amide bonds. The molecule has 0 bridgehead atoms. The fourth-order valence-corrected chi connectivity index (χ4v) is 3.97. The van der Waals surface area contributed by atoms with E-state index in [9.17, 15) is 4.79 Å².